The highest BCUT2D eigenvalue weighted by atomic mass is 16.3. The molecule has 0 unspecified atom stereocenters. The van der Waals surface area contributed by atoms with Gasteiger partial charge in [-0.3, -0.25) is 9.98 Å². The van der Waals surface area contributed by atoms with E-state index in [-0.39, 0.29) is 5.75 Å². The van der Waals surface area contributed by atoms with Gasteiger partial charge in [-0.25, -0.2) is 4.98 Å². The predicted molar refractivity (Wildman–Crippen MR) is 140 cm³/mol. The molecular formula is C25H35N7O. The first-order chi connectivity index (χ1) is 15.9. The Hall–Kier alpha value is -3.39. The molecule has 0 saturated carbocycles. The smallest absolute Gasteiger partial charge is 0.144 e. The lowest BCUT2D eigenvalue weighted by Gasteiger charge is -2.28. The molecule has 176 valence electrons. The Bertz CT molecular complexity index is 1010. The summed E-state index contributed by atoms with van der Waals surface area (Å²) in [7, 11) is 3.47. The molecule has 1 aliphatic heterocycles. The fourth-order valence-electron chi connectivity index (χ4n) is 3.24. The maximum Gasteiger partial charge on any atom is 0.144 e. The van der Waals surface area contributed by atoms with E-state index in [9.17, 15) is 5.11 Å². The van der Waals surface area contributed by atoms with Gasteiger partial charge in [-0.2, -0.15) is 0 Å². The zero-order valence-corrected chi connectivity index (χ0v) is 20.3. The molecule has 1 aromatic heterocycles. The van der Waals surface area contributed by atoms with Crippen LogP contribution in [0.25, 0.3) is 5.57 Å². The molecule has 8 nitrogen and oxygen atoms in total. The third-order valence-corrected chi connectivity index (χ3v) is 5.29. The first-order valence-corrected chi connectivity index (χ1v) is 11.1. The number of hydrogen-bond acceptors (Lipinski definition) is 7. The second-order valence-electron chi connectivity index (χ2n) is 7.49. The number of amidine groups is 1. The van der Waals surface area contributed by atoms with Crippen molar-refractivity contribution >= 4 is 28.5 Å². The summed E-state index contributed by atoms with van der Waals surface area (Å²) in [5.41, 5.74) is 3.97. The molecule has 0 amide bonds. The van der Waals surface area contributed by atoms with Crippen molar-refractivity contribution in [2.75, 3.05) is 40.3 Å². The minimum absolute atomic E-state index is 0.00726. The second-order valence-corrected chi connectivity index (χ2v) is 7.49. The average molecular weight is 450 g/mol. The van der Waals surface area contributed by atoms with Gasteiger partial charge in [0.2, 0.25) is 0 Å². The first kappa shape index (κ1) is 25.9. The molecule has 2 N–H and O–H groups in total. The molecule has 2 rings (SSSR count). The lowest BCUT2D eigenvalue weighted by Crippen LogP contribution is -2.45. The minimum atomic E-state index is 0.00726. The number of nitrogens with one attached hydrogen (secondary N) is 1. The van der Waals surface area contributed by atoms with Crippen LogP contribution >= 0.6 is 0 Å². The molecule has 0 aromatic carbocycles. The summed E-state index contributed by atoms with van der Waals surface area (Å²) < 4.78 is 0. The molecular weight excluding hydrogens is 414 g/mol. The van der Waals surface area contributed by atoms with Gasteiger partial charge in [0, 0.05) is 52.0 Å². The number of aromatic nitrogens is 1. The monoisotopic (exact) mass is 449 g/mol. The van der Waals surface area contributed by atoms with Crippen molar-refractivity contribution in [2.24, 2.45) is 20.2 Å². The SMILES string of the molecule is C=C/C(=N\N=C(/C)N1CCNCC1)c1ncc(C(/C=C/CC)=C/C(=NC)C(C)=NC)cc1O. The van der Waals surface area contributed by atoms with Gasteiger partial charge in [0.1, 0.15) is 23.0 Å². The number of hydrogen-bond donors (Lipinski definition) is 2. The lowest BCUT2D eigenvalue weighted by atomic mass is 10.0. The third kappa shape index (κ3) is 7.32. The van der Waals surface area contributed by atoms with Gasteiger partial charge in [0.25, 0.3) is 0 Å². The van der Waals surface area contributed by atoms with Crippen LogP contribution in [-0.2, 0) is 0 Å². The normalized spacial score (nSPS) is 17.1. The summed E-state index contributed by atoms with van der Waals surface area (Å²) in [5.74, 6) is 0.828. The van der Waals surface area contributed by atoms with Crippen molar-refractivity contribution in [1.82, 2.24) is 15.2 Å². The highest BCUT2D eigenvalue weighted by Crippen LogP contribution is 2.24. The number of rotatable bonds is 8. The van der Waals surface area contributed by atoms with Gasteiger partial charge in [0.05, 0.1) is 11.4 Å². The van der Waals surface area contributed by atoms with E-state index in [0.29, 0.717) is 11.4 Å². The molecule has 0 spiro atoms. The standard InChI is InChI=1S/C25H35N7O/c1-7-9-10-20(15-23(27-6)18(3)26-5)21-16-24(33)25(29-17-21)22(8-2)31-30-19(4)32-13-11-28-12-14-32/h8-10,15-17,28,33H,2,7,11-14H2,1,3-6H3/b10-9+,20-15+,26-18?,27-23?,30-19+,31-22+. The summed E-state index contributed by atoms with van der Waals surface area (Å²) in [6.07, 6.45) is 10.1. The van der Waals surface area contributed by atoms with Crippen LogP contribution in [-0.4, -0.2) is 78.2 Å². The van der Waals surface area contributed by atoms with Gasteiger partial charge in [0.15, 0.2) is 0 Å². The molecule has 8 heteroatoms. The van der Waals surface area contributed by atoms with Crippen LogP contribution in [0.15, 0.2) is 63.3 Å². The van der Waals surface area contributed by atoms with Crippen molar-refractivity contribution in [2.45, 2.75) is 27.2 Å². The number of nitrogens with zero attached hydrogens (tertiary/aromatic N) is 6. The number of allylic oxidation sites excluding steroid dienone is 5. The summed E-state index contributed by atoms with van der Waals surface area (Å²) in [6.45, 7) is 13.3. The molecule has 0 radical (unpaired) electrons. The van der Waals surface area contributed by atoms with Crippen LogP contribution < -0.4 is 5.32 Å². The van der Waals surface area contributed by atoms with Gasteiger partial charge in [-0.1, -0.05) is 25.7 Å². The number of aromatic hydroxyl groups is 1. The third-order valence-electron chi connectivity index (χ3n) is 5.29. The van der Waals surface area contributed by atoms with Crippen molar-refractivity contribution in [3.63, 3.8) is 0 Å². The van der Waals surface area contributed by atoms with Crippen LogP contribution in [0, 0.1) is 0 Å². The Morgan fingerprint density at radius 1 is 1.21 bits per heavy atom. The Kier molecular flexibility index (Phi) is 10.4. The fourth-order valence-corrected chi connectivity index (χ4v) is 3.24. The summed E-state index contributed by atoms with van der Waals surface area (Å²) in [4.78, 5) is 15.2. The van der Waals surface area contributed by atoms with E-state index in [1.54, 1.807) is 32.4 Å². The van der Waals surface area contributed by atoms with Crippen LogP contribution in [0.3, 0.4) is 0 Å². The van der Waals surface area contributed by atoms with E-state index < -0.39 is 0 Å². The molecule has 0 aliphatic carbocycles. The van der Waals surface area contributed by atoms with Gasteiger partial charge in [-0.15, -0.1) is 10.2 Å². The van der Waals surface area contributed by atoms with E-state index in [1.165, 1.54) is 0 Å². The van der Waals surface area contributed by atoms with E-state index in [1.807, 2.05) is 32.1 Å². The quantitative estimate of drug-likeness (QED) is 0.275. The fraction of sp³-hybridized carbons (Fsp3) is 0.400. The number of piperazine rings is 1. The minimum Gasteiger partial charge on any atom is -0.506 e. The maximum absolute atomic E-state index is 10.8. The zero-order valence-electron chi connectivity index (χ0n) is 20.3. The average Bonchev–Trinajstić information content (AvgIpc) is 2.85. The largest absolute Gasteiger partial charge is 0.506 e. The van der Waals surface area contributed by atoms with Gasteiger partial charge in [-0.05, 0) is 44.1 Å². The Labute approximate surface area is 197 Å². The van der Waals surface area contributed by atoms with E-state index in [4.69, 9.17) is 0 Å². The molecule has 1 saturated heterocycles. The Morgan fingerprint density at radius 2 is 1.94 bits per heavy atom. The van der Waals surface area contributed by atoms with E-state index in [2.05, 4.69) is 48.9 Å². The summed E-state index contributed by atoms with van der Waals surface area (Å²) in [6, 6.07) is 1.67. The number of pyridine rings is 1. The summed E-state index contributed by atoms with van der Waals surface area (Å²) in [5, 5.41) is 22.7. The topological polar surface area (TPSA) is 97.8 Å². The first-order valence-electron chi connectivity index (χ1n) is 11.1. The van der Waals surface area contributed by atoms with Crippen molar-refractivity contribution < 1.29 is 5.11 Å². The molecule has 1 aliphatic rings. The highest BCUT2D eigenvalue weighted by Gasteiger charge is 2.13. The van der Waals surface area contributed by atoms with Crippen molar-refractivity contribution in [3.8, 4) is 5.75 Å². The van der Waals surface area contributed by atoms with Crippen LogP contribution in [0.5, 0.6) is 5.75 Å². The van der Waals surface area contributed by atoms with Crippen molar-refractivity contribution in [3.05, 3.63) is 54.4 Å². The molecule has 1 fully saturated rings. The second kappa shape index (κ2) is 13.2. The zero-order chi connectivity index (χ0) is 24.2. The van der Waals surface area contributed by atoms with E-state index in [0.717, 1.165) is 61.0 Å². The van der Waals surface area contributed by atoms with Crippen LogP contribution in [0.2, 0.25) is 0 Å². The predicted octanol–water partition coefficient (Wildman–Crippen LogP) is 3.51. The Balaban J connectivity index is 2.40. The van der Waals surface area contributed by atoms with Crippen LogP contribution in [0.4, 0.5) is 0 Å². The molecule has 1 aromatic rings. The number of aliphatic imine (C=N–C) groups is 2. The highest BCUT2D eigenvalue weighted by molar-refractivity contribution is 6.46. The molecule has 2 heterocycles. The molecule has 33 heavy (non-hydrogen) atoms. The summed E-state index contributed by atoms with van der Waals surface area (Å²) >= 11 is 0. The van der Waals surface area contributed by atoms with E-state index >= 15 is 0 Å². The van der Waals surface area contributed by atoms with Gasteiger partial charge >= 0.3 is 0 Å². The Morgan fingerprint density at radius 3 is 2.52 bits per heavy atom. The molecule has 0 atom stereocenters. The maximum atomic E-state index is 10.8. The van der Waals surface area contributed by atoms with Crippen molar-refractivity contribution in [1.29, 1.82) is 0 Å². The lowest BCUT2D eigenvalue weighted by molar-refractivity contribution is 0.355. The van der Waals surface area contributed by atoms with Gasteiger partial charge < -0.3 is 15.3 Å². The van der Waals surface area contributed by atoms with Crippen LogP contribution in [0.1, 0.15) is 38.4 Å². The molecule has 0 bridgehead atoms.